The number of rotatable bonds is 1. The first-order chi connectivity index (χ1) is 6.54. The Bertz CT molecular complexity index is 338. The van der Waals surface area contributed by atoms with Gasteiger partial charge >= 0.3 is 0 Å². The van der Waals surface area contributed by atoms with Gasteiger partial charge in [-0.05, 0) is 43.4 Å². The monoisotopic (exact) mass is 209 g/mol. The minimum atomic E-state index is 0.384. The van der Waals surface area contributed by atoms with Gasteiger partial charge in [0.1, 0.15) is 0 Å². The van der Waals surface area contributed by atoms with Gasteiger partial charge in [-0.15, -0.1) is 11.3 Å². The van der Waals surface area contributed by atoms with E-state index in [2.05, 4.69) is 26.8 Å². The maximum atomic E-state index is 5.91. The average Bonchev–Trinajstić information content (AvgIpc) is 2.44. The van der Waals surface area contributed by atoms with Crippen LogP contribution in [-0.2, 0) is 6.42 Å². The highest BCUT2D eigenvalue weighted by molar-refractivity contribution is 7.12. The molecule has 2 heteroatoms. The van der Waals surface area contributed by atoms with Crippen molar-refractivity contribution in [2.75, 3.05) is 6.54 Å². The van der Waals surface area contributed by atoms with Crippen LogP contribution in [0.4, 0.5) is 0 Å². The SMILES string of the molecule is Cc1cc2c(s1)CCC(C)(C)C2CN. The molecule has 0 bridgehead atoms. The molecule has 1 aliphatic rings. The van der Waals surface area contributed by atoms with Gasteiger partial charge in [-0.1, -0.05) is 13.8 Å². The molecule has 0 amide bonds. The predicted octanol–water partition coefficient (Wildman–Crippen LogP) is 3.07. The molecule has 0 saturated heterocycles. The zero-order valence-electron chi connectivity index (χ0n) is 9.26. The van der Waals surface area contributed by atoms with Gasteiger partial charge in [-0.2, -0.15) is 0 Å². The van der Waals surface area contributed by atoms with Crippen molar-refractivity contribution in [1.29, 1.82) is 0 Å². The fourth-order valence-electron chi connectivity index (χ4n) is 2.55. The molecule has 1 unspecified atom stereocenters. The average molecular weight is 209 g/mol. The summed E-state index contributed by atoms with van der Waals surface area (Å²) >= 11 is 1.95. The highest BCUT2D eigenvalue weighted by Gasteiger charge is 2.35. The zero-order chi connectivity index (χ0) is 10.3. The van der Waals surface area contributed by atoms with E-state index < -0.39 is 0 Å². The molecule has 1 aliphatic carbocycles. The van der Waals surface area contributed by atoms with E-state index in [4.69, 9.17) is 5.73 Å². The van der Waals surface area contributed by atoms with Crippen molar-refractivity contribution < 1.29 is 0 Å². The summed E-state index contributed by atoms with van der Waals surface area (Å²) in [7, 11) is 0. The van der Waals surface area contributed by atoms with Gasteiger partial charge in [-0.25, -0.2) is 0 Å². The molecule has 0 radical (unpaired) electrons. The summed E-state index contributed by atoms with van der Waals surface area (Å²) in [6, 6.07) is 2.35. The number of hydrogen-bond donors (Lipinski definition) is 1. The molecule has 0 saturated carbocycles. The van der Waals surface area contributed by atoms with Crippen LogP contribution in [0.3, 0.4) is 0 Å². The Balaban J connectivity index is 2.44. The lowest BCUT2D eigenvalue weighted by atomic mass is 9.68. The lowest BCUT2D eigenvalue weighted by molar-refractivity contribution is 0.251. The van der Waals surface area contributed by atoms with E-state index in [0.717, 1.165) is 6.54 Å². The topological polar surface area (TPSA) is 26.0 Å². The minimum Gasteiger partial charge on any atom is -0.330 e. The molecule has 1 heterocycles. The van der Waals surface area contributed by atoms with E-state index in [0.29, 0.717) is 11.3 Å². The maximum absolute atomic E-state index is 5.91. The van der Waals surface area contributed by atoms with Gasteiger partial charge in [-0.3, -0.25) is 0 Å². The van der Waals surface area contributed by atoms with Crippen molar-refractivity contribution in [3.8, 4) is 0 Å². The van der Waals surface area contributed by atoms with Crippen molar-refractivity contribution in [2.45, 2.75) is 39.5 Å². The van der Waals surface area contributed by atoms with E-state index in [-0.39, 0.29) is 0 Å². The second-order valence-electron chi connectivity index (χ2n) is 5.01. The van der Waals surface area contributed by atoms with Crippen LogP contribution in [0, 0.1) is 12.3 Å². The number of nitrogens with two attached hydrogens (primary N) is 1. The summed E-state index contributed by atoms with van der Waals surface area (Å²) < 4.78 is 0. The third kappa shape index (κ3) is 1.51. The molecule has 1 atom stereocenters. The molecule has 0 aromatic carbocycles. The van der Waals surface area contributed by atoms with Crippen LogP contribution in [-0.4, -0.2) is 6.54 Å². The van der Waals surface area contributed by atoms with Crippen molar-refractivity contribution in [3.05, 3.63) is 21.4 Å². The molecule has 1 nitrogen and oxygen atoms in total. The number of aryl methyl sites for hydroxylation is 2. The highest BCUT2D eigenvalue weighted by Crippen LogP contribution is 2.46. The lowest BCUT2D eigenvalue weighted by Gasteiger charge is -2.38. The molecular weight excluding hydrogens is 190 g/mol. The van der Waals surface area contributed by atoms with E-state index in [9.17, 15) is 0 Å². The summed E-state index contributed by atoms with van der Waals surface area (Å²) in [5.41, 5.74) is 7.83. The molecule has 0 aliphatic heterocycles. The van der Waals surface area contributed by atoms with Crippen LogP contribution >= 0.6 is 11.3 Å². The Hall–Kier alpha value is -0.340. The fourth-order valence-corrected chi connectivity index (χ4v) is 3.65. The van der Waals surface area contributed by atoms with E-state index >= 15 is 0 Å². The number of fused-ring (bicyclic) bond motifs is 1. The van der Waals surface area contributed by atoms with Gasteiger partial charge in [0.05, 0.1) is 0 Å². The Labute approximate surface area is 90.3 Å². The Morgan fingerprint density at radius 3 is 2.93 bits per heavy atom. The molecule has 0 fully saturated rings. The third-order valence-electron chi connectivity index (χ3n) is 3.52. The lowest BCUT2D eigenvalue weighted by Crippen LogP contribution is -2.32. The van der Waals surface area contributed by atoms with E-state index in [1.807, 2.05) is 11.3 Å². The quantitative estimate of drug-likeness (QED) is 0.756. The molecule has 78 valence electrons. The predicted molar refractivity (Wildman–Crippen MR) is 63.0 cm³/mol. The van der Waals surface area contributed by atoms with Crippen LogP contribution in [0.25, 0.3) is 0 Å². The van der Waals surface area contributed by atoms with Crippen LogP contribution in [0.2, 0.25) is 0 Å². The first-order valence-corrected chi connectivity index (χ1v) is 6.15. The number of hydrogen-bond acceptors (Lipinski definition) is 2. The highest BCUT2D eigenvalue weighted by atomic mass is 32.1. The van der Waals surface area contributed by atoms with Gasteiger partial charge in [0, 0.05) is 15.7 Å². The van der Waals surface area contributed by atoms with Crippen molar-refractivity contribution in [2.24, 2.45) is 11.1 Å². The Morgan fingerprint density at radius 2 is 2.29 bits per heavy atom. The maximum Gasteiger partial charge on any atom is 0.00837 e. The Morgan fingerprint density at radius 1 is 1.57 bits per heavy atom. The largest absolute Gasteiger partial charge is 0.330 e. The summed E-state index contributed by atoms with van der Waals surface area (Å²) in [4.78, 5) is 3.02. The normalized spacial score (nSPS) is 24.7. The summed E-state index contributed by atoms with van der Waals surface area (Å²) in [5.74, 6) is 0.566. The number of thiophene rings is 1. The molecule has 2 rings (SSSR count). The second-order valence-corrected chi connectivity index (χ2v) is 6.35. The standard InChI is InChI=1S/C12H19NS/c1-8-6-9-10(7-13)12(2,3)5-4-11(9)14-8/h6,10H,4-5,7,13H2,1-3H3. The first kappa shape index (κ1) is 10.2. The van der Waals surface area contributed by atoms with Gasteiger partial charge in [0.25, 0.3) is 0 Å². The fraction of sp³-hybridized carbons (Fsp3) is 0.667. The second kappa shape index (κ2) is 3.35. The molecule has 2 N–H and O–H groups in total. The van der Waals surface area contributed by atoms with Crippen LogP contribution in [0.15, 0.2) is 6.07 Å². The molecule has 1 aromatic heterocycles. The van der Waals surface area contributed by atoms with Crippen LogP contribution in [0.1, 0.15) is 41.5 Å². The van der Waals surface area contributed by atoms with Crippen molar-refractivity contribution in [1.82, 2.24) is 0 Å². The smallest absolute Gasteiger partial charge is 0.00837 e. The van der Waals surface area contributed by atoms with Crippen LogP contribution < -0.4 is 5.73 Å². The van der Waals surface area contributed by atoms with Crippen molar-refractivity contribution in [3.63, 3.8) is 0 Å². The van der Waals surface area contributed by atoms with Gasteiger partial charge in [0.2, 0.25) is 0 Å². The van der Waals surface area contributed by atoms with Crippen LogP contribution in [0.5, 0.6) is 0 Å². The van der Waals surface area contributed by atoms with Crippen molar-refractivity contribution >= 4 is 11.3 Å². The van der Waals surface area contributed by atoms with Gasteiger partial charge in [0.15, 0.2) is 0 Å². The summed E-state index contributed by atoms with van der Waals surface area (Å²) in [6.07, 6.45) is 2.53. The van der Waals surface area contributed by atoms with E-state index in [1.165, 1.54) is 23.3 Å². The summed E-state index contributed by atoms with van der Waals surface area (Å²) in [5, 5.41) is 0. The minimum absolute atomic E-state index is 0.384. The zero-order valence-corrected chi connectivity index (χ0v) is 10.1. The Kier molecular flexibility index (Phi) is 2.44. The molecular formula is C12H19NS. The molecule has 0 spiro atoms. The third-order valence-corrected chi connectivity index (χ3v) is 4.64. The molecule has 1 aromatic rings. The van der Waals surface area contributed by atoms with E-state index in [1.54, 1.807) is 4.88 Å². The summed E-state index contributed by atoms with van der Waals surface area (Å²) in [6.45, 7) is 7.68. The molecule has 14 heavy (non-hydrogen) atoms. The van der Waals surface area contributed by atoms with Gasteiger partial charge < -0.3 is 5.73 Å². The first-order valence-electron chi connectivity index (χ1n) is 5.34.